The van der Waals surface area contributed by atoms with Gasteiger partial charge in [0.15, 0.2) is 16.6 Å². The fourth-order valence-corrected chi connectivity index (χ4v) is 2.96. The molecule has 122 valence electrons. The first-order chi connectivity index (χ1) is 11.0. The number of rotatable bonds is 5. The van der Waals surface area contributed by atoms with Gasteiger partial charge in [-0.15, -0.1) is 0 Å². The molecule has 2 rings (SSSR count). The Labute approximate surface area is 152 Å². The molecule has 1 aromatic carbocycles. The SMILES string of the molecule is CCOc1cc(C=C2C(=O)NC(=S)NC2=O)cc(I)c1OCC. The van der Waals surface area contributed by atoms with Crippen LogP contribution in [0.3, 0.4) is 0 Å². The van der Waals surface area contributed by atoms with Crippen molar-refractivity contribution in [2.45, 2.75) is 13.8 Å². The van der Waals surface area contributed by atoms with Crippen LogP contribution in [0.25, 0.3) is 6.08 Å². The Kier molecular flexibility index (Phi) is 5.94. The maximum Gasteiger partial charge on any atom is 0.263 e. The summed E-state index contributed by atoms with van der Waals surface area (Å²) in [4.78, 5) is 23.8. The number of amides is 2. The molecule has 6 nitrogen and oxygen atoms in total. The van der Waals surface area contributed by atoms with Crippen LogP contribution in [-0.2, 0) is 9.59 Å². The molecular formula is C15H15IN2O4S. The van der Waals surface area contributed by atoms with Crippen molar-refractivity contribution >= 4 is 57.8 Å². The fraction of sp³-hybridized carbons (Fsp3) is 0.267. The van der Waals surface area contributed by atoms with Gasteiger partial charge in [0, 0.05) is 0 Å². The molecule has 1 saturated heterocycles. The Balaban J connectivity index is 2.43. The Morgan fingerprint density at radius 2 is 1.74 bits per heavy atom. The summed E-state index contributed by atoms with van der Waals surface area (Å²) < 4.78 is 12.0. The van der Waals surface area contributed by atoms with Crippen LogP contribution in [0, 0.1) is 3.57 Å². The van der Waals surface area contributed by atoms with E-state index in [1.54, 1.807) is 6.07 Å². The Morgan fingerprint density at radius 3 is 2.30 bits per heavy atom. The van der Waals surface area contributed by atoms with Gasteiger partial charge >= 0.3 is 0 Å². The van der Waals surface area contributed by atoms with Gasteiger partial charge in [0.1, 0.15) is 5.57 Å². The van der Waals surface area contributed by atoms with E-state index >= 15 is 0 Å². The molecule has 0 aromatic heterocycles. The van der Waals surface area contributed by atoms with Crippen molar-refractivity contribution in [3.05, 3.63) is 26.8 Å². The monoisotopic (exact) mass is 446 g/mol. The molecule has 0 radical (unpaired) electrons. The minimum Gasteiger partial charge on any atom is -0.490 e. The number of nitrogens with one attached hydrogen (secondary N) is 2. The molecule has 0 spiro atoms. The summed E-state index contributed by atoms with van der Waals surface area (Å²) in [6, 6.07) is 3.55. The van der Waals surface area contributed by atoms with Gasteiger partial charge in [-0.3, -0.25) is 20.2 Å². The summed E-state index contributed by atoms with van der Waals surface area (Å²) in [6.45, 7) is 4.75. The van der Waals surface area contributed by atoms with E-state index in [0.29, 0.717) is 30.3 Å². The van der Waals surface area contributed by atoms with E-state index < -0.39 is 11.8 Å². The van der Waals surface area contributed by atoms with E-state index in [2.05, 4.69) is 33.2 Å². The topological polar surface area (TPSA) is 76.7 Å². The first-order valence-corrected chi connectivity index (χ1v) is 8.42. The Bertz CT molecular complexity index is 681. The van der Waals surface area contributed by atoms with E-state index in [9.17, 15) is 9.59 Å². The minimum atomic E-state index is -0.527. The van der Waals surface area contributed by atoms with Crippen molar-refractivity contribution in [1.29, 1.82) is 0 Å². The number of carbonyl (C=O) groups excluding carboxylic acids is 2. The van der Waals surface area contributed by atoms with Gasteiger partial charge in [-0.05, 0) is 72.4 Å². The van der Waals surface area contributed by atoms with Gasteiger partial charge in [-0.25, -0.2) is 0 Å². The molecule has 1 heterocycles. The van der Waals surface area contributed by atoms with Gasteiger partial charge in [-0.1, -0.05) is 0 Å². The van der Waals surface area contributed by atoms with Crippen molar-refractivity contribution in [2.24, 2.45) is 0 Å². The van der Waals surface area contributed by atoms with Gasteiger partial charge in [0.25, 0.3) is 11.8 Å². The highest BCUT2D eigenvalue weighted by Crippen LogP contribution is 2.35. The van der Waals surface area contributed by atoms with Crippen LogP contribution in [0.4, 0.5) is 0 Å². The molecule has 8 heteroatoms. The molecule has 2 amide bonds. The lowest BCUT2D eigenvalue weighted by atomic mass is 10.1. The molecule has 0 unspecified atom stereocenters. The third-order valence-electron chi connectivity index (χ3n) is 2.87. The highest BCUT2D eigenvalue weighted by atomic mass is 127. The summed E-state index contributed by atoms with van der Waals surface area (Å²) in [5.74, 6) is 0.164. The van der Waals surface area contributed by atoms with Crippen LogP contribution in [-0.4, -0.2) is 30.1 Å². The zero-order chi connectivity index (χ0) is 17.0. The second kappa shape index (κ2) is 7.73. The number of carbonyl (C=O) groups is 2. The van der Waals surface area contributed by atoms with Gasteiger partial charge < -0.3 is 9.47 Å². The van der Waals surface area contributed by atoms with Crippen LogP contribution >= 0.6 is 34.8 Å². The molecule has 0 bridgehead atoms. The first-order valence-electron chi connectivity index (χ1n) is 6.93. The maximum absolute atomic E-state index is 11.9. The van der Waals surface area contributed by atoms with Crippen molar-refractivity contribution in [3.63, 3.8) is 0 Å². The van der Waals surface area contributed by atoms with Gasteiger partial charge in [0.05, 0.1) is 16.8 Å². The minimum absolute atomic E-state index is 0.00781. The van der Waals surface area contributed by atoms with Gasteiger partial charge in [0.2, 0.25) is 0 Å². The number of thiocarbonyl (C=S) groups is 1. The average Bonchev–Trinajstić information content (AvgIpc) is 2.47. The maximum atomic E-state index is 11.9. The van der Waals surface area contributed by atoms with E-state index in [-0.39, 0.29) is 10.7 Å². The van der Waals surface area contributed by atoms with E-state index in [4.69, 9.17) is 21.7 Å². The van der Waals surface area contributed by atoms with Gasteiger partial charge in [-0.2, -0.15) is 0 Å². The Morgan fingerprint density at radius 1 is 1.13 bits per heavy atom. The van der Waals surface area contributed by atoms with Crippen molar-refractivity contribution in [1.82, 2.24) is 10.6 Å². The summed E-state index contributed by atoms with van der Waals surface area (Å²) in [5, 5.41) is 4.81. The molecule has 2 N–H and O–H groups in total. The average molecular weight is 446 g/mol. The zero-order valence-corrected chi connectivity index (χ0v) is 15.5. The van der Waals surface area contributed by atoms with Crippen molar-refractivity contribution < 1.29 is 19.1 Å². The highest BCUT2D eigenvalue weighted by Gasteiger charge is 2.26. The molecule has 1 aliphatic heterocycles. The number of hydrogen-bond acceptors (Lipinski definition) is 5. The predicted molar refractivity (Wildman–Crippen MR) is 98.4 cm³/mol. The van der Waals surface area contributed by atoms with Crippen LogP contribution < -0.4 is 20.1 Å². The number of ether oxygens (including phenoxy) is 2. The molecule has 1 fully saturated rings. The number of hydrogen-bond donors (Lipinski definition) is 2. The van der Waals surface area contributed by atoms with E-state index in [1.165, 1.54) is 6.08 Å². The third kappa shape index (κ3) is 4.20. The largest absolute Gasteiger partial charge is 0.490 e. The summed E-state index contributed by atoms with van der Waals surface area (Å²) in [5.41, 5.74) is 0.649. The lowest BCUT2D eigenvalue weighted by molar-refractivity contribution is -0.123. The summed E-state index contributed by atoms with van der Waals surface area (Å²) >= 11 is 6.90. The van der Waals surface area contributed by atoms with E-state index in [0.717, 1.165) is 3.57 Å². The predicted octanol–water partition coefficient (Wildman–Crippen LogP) is 2.00. The van der Waals surface area contributed by atoms with Crippen LogP contribution in [0.5, 0.6) is 11.5 Å². The summed E-state index contributed by atoms with van der Waals surface area (Å²) in [7, 11) is 0. The van der Waals surface area contributed by atoms with Crippen LogP contribution in [0.1, 0.15) is 19.4 Å². The van der Waals surface area contributed by atoms with Crippen molar-refractivity contribution in [3.8, 4) is 11.5 Å². The van der Waals surface area contributed by atoms with E-state index in [1.807, 2.05) is 19.9 Å². The second-order valence-corrected chi connectivity index (χ2v) is 6.06. The zero-order valence-electron chi connectivity index (χ0n) is 12.6. The van der Waals surface area contributed by atoms with Crippen molar-refractivity contribution in [2.75, 3.05) is 13.2 Å². The second-order valence-electron chi connectivity index (χ2n) is 4.49. The molecular weight excluding hydrogens is 431 g/mol. The molecule has 0 aliphatic carbocycles. The third-order valence-corrected chi connectivity index (χ3v) is 3.88. The number of halogens is 1. The lowest BCUT2D eigenvalue weighted by Gasteiger charge is -2.17. The standard InChI is InChI=1S/C15H15IN2O4S/c1-3-21-11-7-8(6-10(16)12(11)22-4-2)5-9-13(19)17-15(23)18-14(9)20/h5-7H,3-4H2,1-2H3,(H2,17,18,19,20,23). The van der Waals surface area contributed by atoms with Crippen LogP contribution in [0.2, 0.25) is 0 Å². The number of benzene rings is 1. The molecule has 1 aliphatic rings. The normalized spacial score (nSPS) is 14.2. The summed E-state index contributed by atoms with van der Waals surface area (Å²) in [6.07, 6.45) is 1.49. The molecule has 1 aromatic rings. The molecule has 23 heavy (non-hydrogen) atoms. The molecule has 0 atom stereocenters. The molecule has 0 saturated carbocycles. The highest BCUT2D eigenvalue weighted by molar-refractivity contribution is 14.1. The lowest BCUT2D eigenvalue weighted by Crippen LogP contribution is -2.51. The van der Waals surface area contributed by atoms with Crippen LogP contribution in [0.15, 0.2) is 17.7 Å². The Hall–Kier alpha value is -1.68. The first kappa shape index (κ1) is 17.7. The smallest absolute Gasteiger partial charge is 0.263 e. The quantitative estimate of drug-likeness (QED) is 0.313. The fourth-order valence-electron chi connectivity index (χ4n) is 1.99.